The highest BCUT2D eigenvalue weighted by Gasteiger charge is 2.06. The summed E-state index contributed by atoms with van der Waals surface area (Å²) in [5, 5.41) is 2.09. The predicted molar refractivity (Wildman–Crippen MR) is 60.4 cm³/mol. The summed E-state index contributed by atoms with van der Waals surface area (Å²) >= 11 is 0. The van der Waals surface area contributed by atoms with Crippen molar-refractivity contribution in [2.45, 2.75) is 0 Å². The van der Waals surface area contributed by atoms with E-state index in [0.29, 0.717) is 12.2 Å². The Morgan fingerprint density at radius 1 is 1.00 bits per heavy atom. The van der Waals surface area contributed by atoms with Crippen molar-refractivity contribution in [2.75, 3.05) is 0 Å². The molecule has 3 heteroatoms. The summed E-state index contributed by atoms with van der Waals surface area (Å²) < 4.78 is 10.4. The molecule has 0 aliphatic heterocycles. The summed E-state index contributed by atoms with van der Waals surface area (Å²) in [5.41, 5.74) is 1.56. The molecule has 1 heterocycles. The molecular weight excluding hydrogens is 204 g/mol. The van der Waals surface area contributed by atoms with E-state index in [4.69, 9.17) is 9.15 Å². The molecule has 2 aromatic carbocycles. The maximum absolute atomic E-state index is 10.2. The summed E-state index contributed by atoms with van der Waals surface area (Å²) in [4.78, 5) is 10.2. The molecule has 16 heavy (non-hydrogen) atoms. The second kappa shape index (κ2) is 3.38. The lowest BCUT2D eigenvalue weighted by molar-refractivity contribution is -0.120. The van der Waals surface area contributed by atoms with Crippen molar-refractivity contribution in [1.82, 2.24) is 0 Å². The zero-order chi connectivity index (χ0) is 11.0. The third-order valence-electron chi connectivity index (χ3n) is 2.53. The van der Waals surface area contributed by atoms with Crippen LogP contribution in [-0.4, -0.2) is 6.47 Å². The molecule has 0 atom stereocenters. The van der Waals surface area contributed by atoms with E-state index in [-0.39, 0.29) is 0 Å². The van der Waals surface area contributed by atoms with Gasteiger partial charge in [-0.25, -0.2) is 0 Å². The van der Waals surface area contributed by atoms with Crippen molar-refractivity contribution >= 4 is 28.4 Å². The van der Waals surface area contributed by atoms with Crippen molar-refractivity contribution < 1.29 is 13.9 Å². The van der Waals surface area contributed by atoms with Crippen molar-refractivity contribution in [3.05, 3.63) is 42.5 Å². The Balaban J connectivity index is 2.32. The van der Waals surface area contributed by atoms with Gasteiger partial charge >= 0.3 is 0 Å². The number of furan rings is 1. The average molecular weight is 212 g/mol. The first-order valence-electron chi connectivity index (χ1n) is 4.90. The van der Waals surface area contributed by atoms with Gasteiger partial charge in [0.25, 0.3) is 6.47 Å². The highest BCUT2D eigenvalue weighted by atomic mass is 16.5. The minimum atomic E-state index is 0.407. The molecule has 0 saturated carbocycles. The van der Waals surface area contributed by atoms with Gasteiger partial charge in [0.2, 0.25) is 0 Å². The lowest BCUT2D eigenvalue weighted by Crippen LogP contribution is -1.86. The van der Waals surface area contributed by atoms with Gasteiger partial charge in [-0.1, -0.05) is 18.2 Å². The van der Waals surface area contributed by atoms with Crippen LogP contribution < -0.4 is 4.74 Å². The molecule has 0 unspecified atom stereocenters. The Morgan fingerprint density at radius 2 is 1.81 bits per heavy atom. The van der Waals surface area contributed by atoms with Gasteiger partial charge in [0.15, 0.2) is 0 Å². The van der Waals surface area contributed by atoms with Gasteiger partial charge in [-0.2, -0.15) is 0 Å². The summed E-state index contributed by atoms with van der Waals surface area (Å²) in [6.07, 6.45) is 0. The van der Waals surface area contributed by atoms with Crippen LogP contribution in [0.15, 0.2) is 46.9 Å². The second-order valence-electron chi connectivity index (χ2n) is 3.47. The average Bonchev–Trinajstić information content (AvgIpc) is 2.67. The van der Waals surface area contributed by atoms with Gasteiger partial charge < -0.3 is 9.15 Å². The number of carbonyl (C=O) groups is 1. The number of benzene rings is 2. The number of fused-ring (bicyclic) bond motifs is 3. The normalized spacial score (nSPS) is 10.8. The Morgan fingerprint density at radius 3 is 2.69 bits per heavy atom. The third-order valence-corrected chi connectivity index (χ3v) is 2.53. The summed E-state index contributed by atoms with van der Waals surface area (Å²) in [5.74, 6) is 0.488. The van der Waals surface area contributed by atoms with Crippen LogP contribution in [0.4, 0.5) is 0 Å². The topological polar surface area (TPSA) is 39.4 Å². The quantitative estimate of drug-likeness (QED) is 0.612. The minimum Gasteiger partial charge on any atom is -0.456 e. The molecule has 3 aromatic rings. The fourth-order valence-corrected chi connectivity index (χ4v) is 1.84. The standard InChI is InChI=1S/C13H8O3/c14-8-15-9-5-6-11-10-3-1-2-4-12(10)16-13(11)7-9/h1-8H. The minimum absolute atomic E-state index is 0.407. The first-order valence-corrected chi connectivity index (χ1v) is 4.90. The fourth-order valence-electron chi connectivity index (χ4n) is 1.84. The van der Waals surface area contributed by atoms with Crippen LogP contribution in [0, 0.1) is 0 Å². The van der Waals surface area contributed by atoms with Gasteiger partial charge in [0, 0.05) is 16.8 Å². The summed E-state index contributed by atoms with van der Waals surface area (Å²) in [6, 6.07) is 13.2. The number of carbonyl (C=O) groups excluding carboxylic acids is 1. The molecule has 0 radical (unpaired) electrons. The van der Waals surface area contributed by atoms with Crippen LogP contribution >= 0.6 is 0 Å². The maximum atomic E-state index is 10.2. The third kappa shape index (κ3) is 1.26. The molecule has 1 aromatic heterocycles. The summed E-state index contributed by atoms with van der Waals surface area (Å²) in [7, 11) is 0. The molecule has 3 rings (SSSR count). The number of hydrogen-bond donors (Lipinski definition) is 0. The molecule has 0 aliphatic carbocycles. The fraction of sp³-hybridized carbons (Fsp3) is 0. The molecule has 0 bridgehead atoms. The predicted octanol–water partition coefficient (Wildman–Crippen LogP) is 3.12. The van der Waals surface area contributed by atoms with Crippen molar-refractivity contribution in [3.63, 3.8) is 0 Å². The monoisotopic (exact) mass is 212 g/mol. The van der Waals surface area contributed by atoms with Crippen LogP contribution in [-0.2, 0) is 4.79 Å². The van der Waals surface area contributed by atoms with E-state index in [0.717, 1.165) is 21.9 Å². The van der Waals surface area contributed by atoms with Crippen molar-refractivity contribution in [2.24, 2.45) is 0 Å². The first kappa shape index (κ1) is 8.97. The lowest BCUT2D eigenvalue weighted by atomic mass is 10.1. The van der Waals surface area contributed by atoms with Gasteiger partial charge in [-0.05, 0) is 18.2 Å². The molecule has 0 saturated heterocycles. The van der Waals surface area contributed by atoms with E-state index < -0.39 is 0 Å². The largest absolute Gasteiger partial charge is 0.456 e. The Kier molecular flexibility index (Phi) is 1.90. The maximum Gasteiger partial charge on any atom is 0.298 e. The van der Waals surface area contributed by atoms with Crippen LogP contribution in [0.3, 0.4) is 0 Å². The Bertz CT molecular complexity index is 667. The molecule has 3 nitrogen and oxygen atoms in total. The zero-order valence-corrected chi connectivity index (χ0v) is 8.34. The van der Waals surface area contributed by atoms with Crippen LogP contribution in [0.25, 0.3) is 21.9 Å². The van der Waals surface area contributed by atoms with Crippen LogP contribution in [0.5, 0.6) is 5.75 Å². The SMILES string of the molecule is O=COc1ccc2c(c1)oc1ccccc12. The van der Waals surface area contributed by atoms with Gasteiger partial charge in [0.1, 0.15) is 16.9 Å². The molecule has 0 spiro atoms. The highest BCUT2D eigenvalue weighted by molar-refractivity contribution is 6.05. The molecule has 0 fully saturated rings. The number of rotatable bonds is 2. The van der Waals surface area contributed by atoms with Crippen molar-refractivity contribution in [1.29, 1.82) is 0 Å². The molecule has 0 N–H and O–H groups in total. The zero-order valence-electron chi connectivity index (χ0n) is 8.34. The van der Waals surface area contributed by atoms with E-state index in [2.05, 4.69) is 0 Å². The van der Waals surface area contributed by atoms with Crippen molar-refractivity contribution in [3.8, 4) is 5.75 Å². The van der Waals surface area contributed by atoms with Gasteiger partial charge in [-0.3, -0.25) is 4.79 Å². The smallest absolute Gasteiger partial charge is 0.298 e. The van der Waals surface area contributed by atoms with Crippen LogP contribution in [0.1, 0.15) is 0 Å². The van der Waals surface area contributed by atoms with E-state index in [1.165, 1.54) is 0 Å². The second-order valence-corrected chi connectivity index (χ2v) is 3.47. The van der Waals surface area contributed by atoms with Gasteiger partial charge in [0.05, 0.1) is 0 Å². The van der Waals surface area contributed by atoms with E-state index >= 15 is 0 Å². The molecular formula is C13H8O3. The van der Waals surface area contributed by atoms with E-state index in [1.807, 2.05) is 30.3 Å². The highest BCUT2D eigenvalue weighted by Crippen LogP contribution is 2.30. The molecule has 0 aliphatic rings. The number of ether oxygens (including phenoxy) is 1. The molecule has 0 amide bonds. The first-order chi connectivity index (χ1) is 7.88. The number of hydrogen-bond acceptors (Lipinski definition) is 3. The Labute approximate surface area is 91.2 Å². The lowest BCUT2D eigenvalue weighted by Gasteiger charge is -1.95. The van der Waals surface area contributed by atoms with E-state index in [9.17, 15) is 4.79 Å². The summed E-state index contributed by atoms with van der Waals surface area (Å²) in [6.45, 7) is 0.407. The van der Waals surface area contributed by atoms with E-state index in [1.54, 1.807) is 12.1 Å². The van der Waals surface area contributed by atoms with Crippen LogP contribution in [0.2, 0.25) is 0 Å². The Hall–Kier alpha value is -2.29. The van der Waals surface area contributed by atoms with Gasteiger partial charge in [-0.15, -0.1) is 0 Å². The molecule has 78 valence electrons. The number of para-hydroxylation sites is 1.